The van der Waals surface area contributed by atoms with Crippen molar-refractivity contribution >= 4 is 18.4 Å². The van der Waals surface area contributed by atoms with Crippen molar-refractivity contribution in [1.82, 2.24) is 0 Å². The Morgan fingerprint density at radius 2 is 1.05 bits per heavy atom. The molecule has 0 heterocycles. The fourth-order valence-corrected chi connectivity index (χ4v) is 3.82. The van der Waals surface area contributed by atoms with E-state index in [0.29, 0.717) is 0 Å². The average molecular weight is 314 g/mol. The van der Waals surface area contributed by atoms with Gasteiger partial charge in [0, 0.05) is 10.6 Å². The second-order valence-electron chi connectivity index (χ2n) is 7.99. The highest BCUT2D eigenvalue weighted by Crippen LogP contribution is 2.28. The van der Waals surface area contributed by atoms with E-state index in [1.54, 1.807) is 0 Å². The molecule has 0 radical (unpaired) electrons. The van der Waals surface area contributed by atoms with Gasteiger partial charge in [0.25, 0.3) is 0 Å². The van der Waals surface area contributed by atoms with E-state index < -0.39 is 7.80 Å². The van der Waals surface area contributed by atoms with Crippen molar-refractivity contribution in [3.63, 3.8) is 0 Å². The normalized spacial score (nSPS) is 12.7. The molecule has 2 aromatic rings. The van der Waals surface area contributed by atoms with Gasteiger partial charge in [0.15, 0.2) is 0 Å². The molecule has 1 nitrogen and oxygen atoms in total. The van der Waals surface area contributed by atoms with Crippen molar-refractivity contribution in [2.75, 3.05) is 0 Å². The molecule has 0 amide bonds. The van der Waals surface area contributed by atoms with Crippen LogP contribution in [0.15, 0.2) is 48.5 Å². The van der Waals surface area contributed by atoms with Crippen LogP contribution in [0.4, 0.5) is 0 Å². The smallest absolute Gasteiger partial charge is 0.131 e. The molecular formula is C20H27OP. The van der Waals surface area contributed by atoms with Gasteiger partial charge in [-0.1, -0.05) is 77.9 Å². The summed E-state index contributed by atoms with van der Waals surface area (Å²) in [6.45, 7) is 13.1. The molecule has 0 saturated heterocycles. The minimum absolute atomic E-state index is 0.0748. The van der Waals surface area contributed by atoms with Gasteiger partial charge in [-0.3, -0.25) is 0 Å². The molecule has 0 N–H and O–H groups in total. The quantitative estimate of drug-likeness (QED) is 0.728. The third-order valence-corrected chi connectivity index (χ3v) is 5.65. The Hall–Kier alpha value is -1.33. The Kier molecular flexibility index (Phi) is 4.68. The first-order chi connectivity index (χ1) is 10.1. The van der Waals surface area contributed by atoms with E-state index in [1.807, 2.05) is 24.3 Å². The van der Waals surface area contributed by atoms with Crippen LogP contribution in [0, 0.1) is 0 Å². The summed E-state index contributed by atoms with van der Waals surface area (Å²) in [4.78, 5) is 0. The molecule has 0 spiro atoms. The van der Waals surface area contributed by atoms with Gasteiger partial charge >= 0.3 is 0 Å². The van der Waals surface area contributed by atoms with Crippen molar-refractivity contribution in [3.8, 4) is 0 Å². The molecule has 2 aromatic carbocycles. The van der Waals surface area contributed by atoms with Crippen LogP contribution in [-0.4, -0.2) is 0 Å². The number of hydrogen-bond acceptors (Lipinski definition) is 1. The van der Waals surface area contributed by atoms with E-state index in [1.165, 1.54) is 11.1 Å². The van der Waals surface area contributed by atoms with Gasteiger partial charge in [0.05, 0.1) is 0 Å². The number of hydrogen-bond donors (Lipinski definition) is 0. The van der Waals surface area contributed by atoms with E-state index in [0.717, 1.165) is 10.6 Å². The molecule has 0 aromatic heterocycles. The van der Waals surface area contributed by atoms with Gasteiger partial charge in [-0.25, -0.2) is 0 Å². The SMILES string of the molecule is CC(C)(C)c1cccc([PH](=O)c2cccc(C(C)(C)C)c2)c1. The lowest BCUT2D eigenvalue weighted by Gasteiger charge is -2.21. The van der Waals surface area contributed by atoms with Crippen LogP contribution in [0.1, 0.15) is 52.7 Å². The maximum atomic E-state index is 13.0. The summed E-state index contributed by atoms with van der Waals surface area (Å²) in [6, 6.07) is 16.4. The molecule has 0 unspecified atom stereocenters. The second-order valence-corrected chi connectivity index (χ2v) is 9.80. The zero-order chi connectivity index (χ0) is 16.5. The summed E-state index contributed by atoms with van der Waals surface area (Å²) in [5.74, 6) is 0. The van der Waals surface area contributed by atoms with Crippen molar-refractivity contribution < 1.29 is 4.57 Å². The molecule has 0 atom stereocenters. The summed E-state index contributed by atoms with van der Waals surface area (Å²) >= 11 is 0. The molecule has 2 rings (SSSR count). The second kappa shape index (κ2) is 6.05. The maximum Gasteiger partial charge on any atom is 0.131 e. The fraction of sp³-hybridized carbons (Fsp3) is 0.400. The van der Waals surface area contributed by atoms with Gasteiger partial charge in [0.1, 0.15) is 7.80 Å². The Labute approximate surface area is 135 Å². The summed E-state index contributed by atoms with van der Waals surface area (Å²) in [5, 5.41) is 1.90. The molecule has 0 fully saturated rings. The number of rotatable bonds is 2. The highest BCUT2D eigenvalue weighted by atomic mass is 31.1. The van der Waals surface area contributed by atoms with E-state index in [4.69, 9.17) is 0 Å². The topological polar surface area (TPSA) is 17.1 Å². The van der Waals surface area contributed by atoms with E-state index in [-0.39, 0.29) is 10.8 Å². The number of benzene rings is 2. The van der Waals surface area contributed by atoms with Crippen LogP contribution in [0.3, 0.4) is 0 Å². The third kappa shape index (κ3) is 3.90. The molecule has 118 valence electrons. The van der Waals surface area contributed by atoms with Crippen molar-refractivity contribution in [1.29, 1.82) is 0 Å². The summed E-state index contributed by atoms with van der Waals surface area (Å²) < 4.78 is 13.0. The van der Waals surface area contributed by atoms with Crippen LogP contribution >= 0.6 is 7.80 Å². The predicted molar refractivity (Wildman–Crippen MR) is 98.6 cm³/mol. The maximum absolute atomic E-state index is 13.0. The Morgan fingerprint density at radius 3 is 1.36 bits per heavy atom. The summed E-state index contributed by atoms with van der Waals surface area (Å²) in [6.07, 6.45) is 0. The first-order valence-electron chi connectivity index (χ1n) is 7.85. The molecule has 0 aliphatic heterocycles. The summed E-state index contributed by atoms with van der Waals surface area (Å²) in [7, 11) is -1.96. The van der Waals surface area contributed by atoms with Gasteiger partial charge in [-0.2, -0.15) is 0 Å². The minimum Gasteiger partial charge on any atom is -0.317 e. The van der Waals surface area contributed by atoms with E-state index >= 15 is 0 Å². The minimum atomic E-state index is -1.96. The lowest BCUT2D eigenvalue weighted by molar-refractivity contribution is 0.589. The largest absolute Gasteiger partial charge is 0.317 e. The van der Waals surface area contributed by atoms with Crippen LogP contribution < -0.4 is 10.6 Å². The van der Waals surface area contributed by atoms with Crippen LogP contribution in [-0.2, 0) is 15.4 Å². The van der Waals surface area contributed by atoms with Crippen molar-refractivity contribution in [2.45, 2.75) is 52.4 Å². The molecule has 2 heteroatoms. The standard InChI is InChI=1S/C20H27OP/c1-19(2,3)15-9-7-11-17(13-15)22(21)18-12-8-10-16(14-18)20(4,5)6/h7-14,22H,1-6H3. The first kappa shape index (κ1) is 17.0. The molecule has 0 bridgehead atoms. The zero-order valence-electron chi connectivity index (χ0n) is 14.5. The first-order valence-corrected chi connectivity index (χ1v) is 9.26. The highest BCUT2D eigenvalue weighted by molar-refractivity contribution is 7.61. The fourth-order valence-electron chi connectivity index (χ4n) is 2.42. The highest BCUT2D eigenvalue weighted by Gasteiger charge is 2.18. The lowest BCUT2D eigenvalue weighted by Crippen LogP contribution is -2.17. The third-order valence-electron chi connectivity index (χ3n) is 3.98. The van der Waals surface area contributed by atoms with Gasteiger partial charge in [-0.15, -0.1) is 0 Å². The van der Waals surface area contributed by atoms with Crippen LogP contribution in [0.2, 0.25) is 0 Å². The van der Waals surface area contributed by atoms with Crippen molar-refractivity contribution in [2.24, 2.45) is 0 Å². The molecular weight excluding hydrogens is 287 g/mol. The molecule has 22 heavy (non-hydrogen) atoms. The molecule has 0 saturated carbocycles. The Bertz CT molecular complexity index is 628. The Balaban J connectivity index is 2.41. The van der Waals surface area contributed by atoms with Gasteiger partial charge < -0.3 is 4.57 Å². The van der Waals surface area contributed by atoms with Crippen molar-refractivity contribution in [3.05, 3.63) is 59.7 Å². The molecule has 0 aliphatic rings. The Morgan fingerprint density at radius 1 is 0.682 bits per heavy atom. The van der Waals surface area contributed by atoms with E-state index in [2.05, 4.69) is 65.8 Å². The monoisotopic (exact) mass is 314 g/mol. The summed E-state index contributed by atoms with van der Waals surface area (Å²) in [5.41, 5.74) is 2.61. The average Bonchev–Trinajstić information content (AvgIpc) is 2.45. The van der Waals surface area contributed by atoms with E-state index in [9.17, 15) is 4.57 Å². The van der Waals surface area contributed by atoms with Gasteiger partial charge in [0.2, 0.25) is 0 Å². The predicted octanol–water partition coefficient (Wildman–Crippen LogP) is 4.79. The van der Waals surface area contributed by atoms with Crippen LogP contribution in [0.5, 0.6) is 0 Å². The lowest BCUT2D eigenvalue weighted by atomic mass is 9.87. The molecule has 0 aliphatic carbocycles. The van der Waals surface area contributed by atoms with Gasteiger partial charge in [-0.05, 0) is 34.1 Å². The van der Waals surface area contributed by atoms with Crippen LogP contribution in [0.25, 0.3) is 0 Å². The zero-order valence-corrected chi connectivity index (χ0v) is 15.5.